The Bertz CT molecular complexity index is 1110. The van der Waals surface area contributed by atoms with E-state index < -0.39 is 0 Å². The summed E-state index contributed by atoms with van der Waals surface area (Å²) >= 11 is 0. The molecule has 0 radical (unpaired) electrons. The normalized spacial score (nSPS) is 16.5. The molecule has 4 nitrogen and oxygen atoms in total. The van der Waals surface area contributed by atoms with Crippen LogP contribution in [0.5, 0.6) is 0 Å². The quantitative estimate of drug-likeness (QED) is 0.608. The maximum atomic E-state index is 9.22. The molecule has 1 saturated heterocycles. The molecule has 154 valence electrons. The van der Waals surface area contributed by atoms with Crippen molar-refractivity contribution in [3.8, 4) is 12.1 Å². The first-order valence-corrected chi connectivity index (χ1v) is 10.7. The molecule has 31 heavy (non-hydrogen) atoms. The van der Waals surface area contributed by atoms with Gasteiger partial charge in [-0.2, -0.15) is 10.5 Å². The number of piperazine rings is 1. The molecule has 0 bridgehead atoms. The van der Waals surface area contributed by atoms with E-state index >= 15 is 0 Å². The van der Waals surface area contributed by atoms with E-state index in [0.717, 1.165) is 38.2 Å². The van der Waals surface area contributed by atoms with Crippen molar-refractivity contribution in [2.45, 2.75) is 19.4 Å². The van der Waals surface area contributed by atoms with Gasteiger partial charge in [-0.3, -0.25) is 4.90 Å². The molecule has 1 aliphatic rings. The maximum Gasteiger partial charge on any atom is 0.0991 e. The van der Waals surface area contributed by atoms with Gasteiger partial charge in [0.2, 0.25) is 0 Å². The average molecular weight is 407 g/mol. The Kier molecular flexibility index (Phi) is 6.32. The van der Waals surface area contributed by atoms with Crippen LogP contribution < -0.4 is 4.90 Å². The van der Waals surface area contributed by atoms with Crippen molar-refractivity contribution in [2.24, 2.45) is 0 Å². The Balaban J connectivity index is 1.52. The minimum atomic E-state index is 0.266. The number of anilines is 1. The number of hydrogen-bond donors (Lipinski definition) is 0. The molecule has 1 aliphatic heterocycles. The van der Waals surface area contributed by atoms with Gasteiger partial charge in [-0.25, -0.2) is 0 Å². The molecule has 4 heteroatoms. The Labute approximate surface area is 184 Å². The molecule has 1 atom stereocenters. The molecule has 1 heterocycles. The number of nitriles is 2. The minimum absolute atomic E-state index is 0.266. The molecule has 0 aliphatic carbocycles. The van der Waals surface area contributed by atoms with Crippen LogP contribution in [0.15, 0.2) is 72.8 Å². The van der Waals surface area contributed by atoms with Gasteiger partial charge in [0.15, 0.2) is 0 Å². The predicted octanol–water partition coefficient (Wildman–Crippen LogP) is 4.84. The fourth-order valence-electron chi connectivity index (χ4n) is 4.37. The van der Waals surface area contributed by atoms with Crippen LogP contribution >= 0.6 is 0 Å². The van der Waals surface area contributed by atoms with Crippen LogP contribution in [-0.4, -0.2) is 31.1 Å². The van der Waals surface area contributed by atoms with E-state index in [1.807, 2.05) is 24.3 Å². The summed E-state index contributed by atoms with van der Waals surface area (Å²) in [6.45, 7) is 5.99. The fourth-order valence-corrected chi connectivity index (χ4v) is 4.37. The largest absolute Gasteiger partial charge is 0.362 e. The van der Waals surface area contributed by atoms with Crippen LogP contribution in [0.3, 0.4) is 0 Å². The van der Waals surface area contributed by atoms with Crippen LogP contribution in [0.1, 0.15) is 33.9 Å². The van der Waals surface area contributed by atoms with Gasteiger partial charge in [-0.1, -0.05) is 42.5 Å². The molecule has 0 aromatic heterocycles. The monoisotopic (exact) mass is 406 g/mol. The molecule has 0 N–H and O–H groups in total. The van der Waals surface area contributed by atoms with Crippen molar-refractivity contribution < 1.29 is 0 Å². The van der Waals surface area contributed by atoms with Gasteiger partial charge in [0.05, 0.1) is 29.3 Å². The van der Waals surface area contributed by atoms with Crippen molar-refractivity contribution in [1.82, 2.24) is 4.90 Å². The minimum Gasteiger partial charge on any atom is -0.362 e. The first-order chi connectivity index (χ1) is 15.2. The lowest BCUT2D eigenvalue weighted by atomic mass is 9.99. The zero-order chi connectivity index (χ0) is 21.6. The van der Waals surface area contributed by atoms with Gasteiger partial charge in [-0.15, -0.1) is 0 Å². The van der Waals surface area contributed by atoms with Crippen molar-refractivity contribution in [2.75, 3.05) is 31.1 Å². The Morgan fingerprint density at radius 3 is 2.26 bits per heavy atom. The van der Waals surface area contributed by atoms with E-state index in [0.29, 0.717) is 11.1 Å². The van der Waals surface area contributed by atoms with E-state index in [-0.39, 0.29) is 6.04 Å². The van der Waals surface area contributed by atoms with E-state index in [1.165, 1.54) is 16.8 Å². The third kappa shape index (κ3) is 4.77. The third-order valence-electron chi connectivity index (χ3n) is 6.08. The molecular weight excluding hydrogens is 380 g/mol. The summed E-state index contributed by atoms with van der Waals surface area (Å²) in [6.07, 6.45) is 0.975. The molecular formula is C27H26N4. The molecule has 3 aromatic carbocycles. The van der Waals surface area contributed by atoms with Gasteiger partial charge in [-0.05, 0) is 60.4 Å². The lowest BCUT2D eigenvalue weighted by molar-refractivity contribution is 0.226. The fraction of sp³-hybridized carbons (Fsp3) is 0.259. The van der Waals surface area contributed by atoms with Crippen LogP contribution in [0, 0.1) is 29.6 Å². The summed E-state index contributed by atoms with van der Waals surface area (Å²) in [5.41, 5.74) is 6.35. The average Bonchev–Trinajstić information content (AvgIpc) is 2.83. The Hall–Kier alpha value is -3.60. The van der Waals surface area contributed by atoms with Crippen molar-refractivity contribution in [3.05, 3.63) is 101 Å². The highest BCUT2D eigenvalue weighted by Crippen LogP contribution is 2.33. The number of nitrogens with zero attached hydrogens (tertiary/aromatic N) is 4. The van der Waals surface area contributed by atoms with Gasteiger partial charge in [0.1, 0.15) is 0 Å². The topological polar surface area (TPSA) is 54.1 Å². The number of aryl methyl sites for hydroxylation is 1. The van der Waals surface area contributed by atoms with E-state index in [2.05, 4.69) is 77.4 Å². The molecule has 4 rings (SSSR count). The highest BCUT2D eigenvalue weighted by atomic mass is 15.3. The molecule has 0 amide bonds. The standard InChI is InChI=1S/C27H26N4/c1-21-17-24(19-29)11-12-26(21)31-16-15-30(20-27(31)25-5-3-2-4-6-25)14-13-22-7-9-23(18-28)10-8-22/h2-12,17,27H,13-16,20H2,1H3. The van der Waals surface area contributed by atoms with E-state index in [4.69, 9.17) is 5.26 Å². The summed E-state index contributed by atoms with van der Waals surface area (Å²) in [6, 6.07) is 29.3. The second-order valence-corrected chi connectivity index (χ2v) is 8.09. The summed E-state index contributed by atoms with van der Waals surface area (Å²) in [5, 5.41) is 18.2. The van der Waals surface area contributed by atoms with Crippen LogP contribution in [0.2, 0.25) is 0 Å². The molecule has 3 aromatic rings. The van der Waals surface area contributed by atoms with Crippen LogP contribution in [-0.2, 0) is 6.42 Å². The number of benzene rings is 3. The summed E-state index contributed by atoms with van der Waals surface area (Å²) in [5.74, 6) is 0. The van der Waals surface area contributed by atoms with Crippen LogP contribution in [0.25, 0.3) is 0 Å². The molecule has 0 saturated carbocycles. The van der Waals surface area contributed by atoms with Gasteiger partial charge < -0.3 is 4.90 Å². The molecule has 1 unspecified atom stereocenters. The molecule has 0 spiro atoms. The number of hydrogen-bond acceptors (Lipinski definition) is 4. The maximum absolute atomic E-state index is 9.22. The Morgan fingerprint density at radius 1 is 0.871 bits per heavy atom. The predicted molar refractivity (Wildman–Crippen MR) is 124 cm³/mol. The summed E-state index contributed by atoms with van der Waals surface area (Å²) in [4.78, 5) is 5.02. The van der Waals surface area contributed by atoms with E-state index in [1.54, 1.807) is 0 Å². The van der Waals surface area contributed by atoms with Gasteiger partial charge in [0, 0.05) is 31.9 Å². The van der Waals surface area contributed by atoms with Gasteiger partial charge >= 0.3 is 0 Å². The lowest BCUT2D eigenvalue weighted by Crippen LogP contribution is -2.49. The van der Waals surface area contributed by atoms with Crippen LogP contribution in [0.4, 0.5) is 5.69 Å². The van der Waals surface area contributed by atoms with Crippen molar-refractivity contribution in [1.29, 1.82) is 10.5 Å². The lowest BCUT2D eigenvalue weighted by Gasteiger charge is -2.43. The van der Waals surface area contributed by atoms with Gasteiger partial charge in [0.25, 0.3) is 0 Å². The highest BCUT2D eigenvalue weighted by Gasteiger charge is 2.29. The van der Waals surface area contributed by atoms with Crippen molar-refractivity contribution in [3.63, 3.8) is 0 Å². The first-order valence-electron chi connectivity index (χ1n) is 10.7. The Morgan fingerprint density at radius 2 is 1.58 bits per heavy atom. The zero-order valence-corrected chi connectivity index (χ0v) is 17.8. The highest BCUT2D eigenvalue weighted by molar-refractivity contribution is 5.58. The number of rotatable bonds is 5. The second-order valence-electron chi connectivity index (χ2n) is 8.09. The first kappa shape index (κ1) is 20.7. The molecule has 1 fully saturated rings. The van der Waals surface area contributed by atoms with E-state index in [9.17, 15) is 5.26 Å². The van der Waals surface area contributed by atoms with Crippen molar-refractivity contribution >= 4 is 5.69 Å². The SMILES string of the molecule is Cc1cc(C#N)ccc1N1CCN(CCc2ccc(C#N)cc2)CC1c1ccccc1. The third-order valence-corrected chi connectivity index (χ3v) is 6.08. The second kappa shape index (κ2) is 9.47. The summed E-state index contributed by atoms with van der Waals surface area (Å²) in [7, 11) is 0. The smallest absolute Gasteiger partial charge is 0.0991 e. The summed E-state index contributed by atoms with van der Waals surface area (Å²) < 4.78 is 0. The zero-order valence-electron chi connectivity index (χ0n) is 17.8.